The van der Waals surface area contributed by atoms with Crippen LogP contribution in [0, 0.1) is 0 Å². The van der Waals surface area contributed by atoms with Gasteiger partial charge in [-0.05, 0) is 0 Å². The van der Waals surface area contributed by atoms with Crippen LogP contribution in [0.4, 0.5) is 5.13 Å². The van der Waals surface area contributed by atoms with E-state index in [0.29, 0.717) is 14.8 Å². The SMILES string of the molecule is Nc1nc(/C(=N/OC2(C(=O)O)CC2)C(=O)N[C@H]2CON(C3(C(=O)O)CC(N4C=C5C=C(O)C(O)=CN5S4(=O)=O)C(=O)O3)C2=O)cs1. The Morgan fingerprint density at radius 1 is 1.15 bits per heavy atom. The number of hydrogen-bond acceptors (Lipinski definition) is 16. The van der Waals surface area contributed by atoms with Gasteiger partial charge in [-0.3, -0.25) is 14.4 Å². The Balaban J connectivity index is 1.22. The molecule has 4 aliphatic heterocycles. The number of hydroxylamine groups is 2. The number of nitrogen functional groups attached to an aromatic ring is 1. The number of cyclic esters (lactones) is 1. The number of carbonyl (C=O) groups excluding carboxylic acids is 3. The summed E-state index contributed by atoms with van der Waals surface area (Å²) in [6.45, 7) is -0.678. The van der Waals surface area contributed by atoms with E-state index in [0.717, 1.165) is 23.6 Å². The maximum atomic E-state index is 13.4. The summed E-state index contributed by atoms with van der Waals surface area (Å²) in [6, 6.07) is -3.46. The molecule has 5 heterocycles. The average molecular weight is 684 g/mol. The van der Waals surface area contributed by atoms with Crippen molar-refractivity contribution in [2.75, 3.05) is 12.3 Å². The first-order valence-corrected chi connectivity index (χ1v) is 15.2. The van der Waals surface area contributed by atoms with Gasteiger partial charge in [0, 0.05) is 30.5 Å². The van der Waals surface area contributed by atoms with Crippen molar-refractivity contribution in [1.29, 1.82) is 0 Å². The van der Waals surface area contributed by atoms with Crippen LogP contribution in [0.1, 0.15) is 25.0 Å². The third kappa shape index (κ3) is 4.71. The molecule has 23 heteroatoms. The molecule has 2 saturated heterocycles. The second kappa shape index (κ2) is 10.3. The number of anilines is 1. The van der Waals surface area contributed by atoms with Crippen molar-refractivity contribution in [3.8, 4) is 0 Å². The third-order valence-corrected chi connectivity index (χ3v) is 9.74. The molecule has 244 valence electrons. The Bertz CT molecular complexity index is 1830. The predicted molar refractivity (Wildman–Crippen MR) is 145 cm³/mol. The van der Waals surface area contributed by atoms with Crippen molar-refractivity contribution in [2.24, 2.45) is 5.16 Å². The molecule has 1 saturated carbocycles. The molecule has 7 N–H and O–H groups in total. The summed E-state index contributed by atoms with van der Waals surface area (Å²) in [4.78, 5) is 77.9. The monoisotopic (exact) mass is 683 g/mol. The van der Waals surface area contributed by atoms with Crippen LogP contribution in [0.2, 0.25) is 0 Å². The minimum absolute atomic E-state index is 0.0229. The zero-order valence-electron chi connectivity index (χ0n) is 22.8. The van der Waals surface area contributed by atoms with E-state index in [2.05, 4.69) is 15.5 Å². The number of aliphatic hydroxyl groups excluding tert-OH is 2. The lowest BCUT2D eigenvalue weighted by Gasteiger charge is -2.31. The average Bonchev–Trinajstić information content (AvgIpc) is 3.16. The molecule has 5 aliphatic rings. The largest absolute Gasteiger partial charge is 0.504 e. The molecule has 0 aromatic carbocycles. The summed E-state index contributed by atoms with van der Waals surface area (Å²) >= 11 is 0.921. The number of oxime groups is 1. The second-order valence-corrected chi connectivity index (χ2v) is 12.9. The van der Waals surface area contributed by atoms with E-state index in [1.807, 2.05) is 0 Å². The van der Waals surface area contributed by atoms with Gasteiger partial charge in [-0.25, -0.2) is 28.0 Å². The van der Waals surface area contributed by atoms with Crippen LogP contribution in [-0.2, 0) is 48.6 Å². The number of aliphatic carboxylic acids is 2. The molecule has 0 spiro atoms. The number of allylic oxidation sites excluding steroid dienone is 1. The van der Waals surface area contributed by atoms with E-state index in [-0.39, 0.29) is 34.4 Å². The highest BCUT2D eigenvalue weighted by Crippen LogP contribution is 2.42. The molecule has 3 fully saturated rings. The number of carboxylic acid groups (broad SMARTS) is 2. The van der Waals surface area contributed by atoms with Gasteiger partial charge in [0.05, 0.1) is 18.3 Å². The van der Waals surface area contributed by atoms with Crippen LogP contribution in [0.3, 0.4) is 0 Å². The highest BCUT2D eigenvalue weighted by Gasteiger charge is 2.65. The summed E-state index contributed by atoms with van der Waals surface area (Å²) in [6.07, 6.45) is 1.69. The molecule has 2 amide bonds. The van der Waals surface area contributed by atoms with E-state index in [4.69, 9.17) is 20.1 Å². The van der Waals surface area contributed by atoms with Crippen LogP contribution >= 0.6 is 11.3 Å². The number of nitrogens with two attached hydrogens (primary N) is 1. The maximum Gasteiger partial charge on any atom is 0.372 e. The number of amides is 2. The first kappa shape index (κ1) is 30.6. The smallest absolute Gasteiger partial charge is 0.372 e. The summed E-state index contributed by atoms with van der Waals surface area (Å²) in [5.41, 5.74) is 0.216. The third-order valence-electron chi connectivity index (χ3n) is 7.36. The van der Waals surface area contributed by atoms with Crippen LogP contribution in [0.5, 0.6) is 0 Å². The van der Waals surface area contributed by atoms with Crippen molar-refractivity contribution < 1.29 is 67.2 Å². The van der Waals surface area contributed by atoms with E-state index in [1.165, 1.54) is 5.38 Å². The van der Waals surface area contributed by atoms with Crippen molar-refractivity contribution >= 4 is 62.1 Å². The van der Waals surface area contributed by atoms with Crippen molar-refractivity contribution in [3.05, 3.63) is 46.8 Å². The number of thiazole rings is 1. The number of ether oxygens (including phenoxy) is 1. The summed E-state index contributed by atoms with van der Waals surface area (Å²) in [5, 5.41) is 46.4. The lowest BCUT2D eigenvalue weighted by molar-refractivity contribution is -0.256. The van der Waals surface area contributed by atoms with E-state index in [1.54, 1.807) is 0 Å². The fourth-order valence-corrected chi connectivity index (χ4v) is 6.83. The molecule has 46 heavy (non-hydrogen) atoms. The van der Waals surface area contributed by atoms with Crippen LogP contribution in [0.15, 0.2) is 46.2 Å². The first-order chi connectivity index (χ1) is 21.6. The van der Waals surface area contributed by atoms with E-state index >= 15 is 0 Å². The van der Waals surface area contributed by atoms with Gasteiger partial charge in [0.2, 0.25) is 5.60 Å². The minimum Gasteiger partial charge on any atom is -0.504 e. The fraction of sp³-hybridized carbons (Fsp3) is 0.348. The molecule has 21 nitrogen and oxygen atoms in total. The predicted octanol–water partition coefficient (Wildman–Crippen LogP) is -2.02. The minimum atomic E-state index is -4.64. The topological polar surface area (TPSA) is 301 Å². The van der Waals surface area contributed by atoms with Gasteiger partial charge in [0.15, 0.2) is 22.4 Å². The van der Waals surface area contributed by atoms with Gasteiger partial charge < -0.3 is 41.1 Å². The number of aliphatic hydroxyl groups is 2. The molecule has 1 aromatic heterocycles. The van der Waals surface area contributed by atoms with Crippen LogP contribution < -0.4 is 11.1 Å². The molecular weight excluding hydrogens is 662 g/mol. The molecule has 0 radical (unpaired) electrons. The van der Waals surface area contributed by atoms with Gasteiger partial charge in [0.25, 0.3) is 11.8 Å². The number of hydrogen-bond donors (Lipinski definition) is 6. The standard InChI is InChI=1S/C23H21N7O14S2/c24-21-26-11(8-45-21)15(27-44-22(1-2-22)19(36)37)16(33)25-10-7-42-30(17(10)34)23(20(38)39)4-12(18(35)43-23)29-5-9-3-13(31)14(32)6-28(9)46(29,40)41/h3,5-6,8,10,12,31-32H,1-2,4,7H2,(H2,24,26)(H,25,33)(H,36,37)(H,38,39)/b27-15-/t10-,12?,23?/m0/s1. The molecule has 1 aromatic rings. The number of nitrogens with zero attached hydrogens (tertiary/aromatic N) is 5. The molecule has 0 bridgehead atoms. The van der Waals surface area contributed by atoms with Gasteiger partial charge in [-0.2, -0.15) is 13.5 Å². The second-order valence-electron chi connectivity index (χ2n) is 10.3. The lowest BCUT2D eigenvalue weighted by Crippen LogP contribution is -2.57. The number of carboxylic acids is 2. The Morgan fingerprint density at radius 2 is 1.87 bits per heavy atom. The van der Waals surface area contributed by atoms with Gasteiger partial charge in [-0.15, -0.1) is 11.3 Å². The highest BCUT2D eigenvalue weighted by molar-refractivity contribution is 7.87. The van der Waals surface area contributed by atoms with E-state index in [9.17, 15) is 52.8 Å². The molecular formula is C23H21N7O14S2. The quantitative estimate of drug-likeness (QED) is 0.0929. The van der Waals surface area contributed by atoms with Crippen molar-refractivity contribution in [3.63, 3.8) is 0 Å². The van der Waals surface area contributed by atoms with E-state index < -0.39 is 93.6 Å². The number of carbonyl (C=O) groups is 5. The first-order valence-electron chi connectivity index (χ1n) is 12.9. The van der Waals surface area contributed by atoms with Gasteiger partial charge >= 0.3 is 33.8 Å². The Labute approximate surface area is 260 Å². The number of fused-ring (bicyclic) bond motifs is 1. The normalized spacial score (nSPS) is 27.8. The highest BCUT2D eigenvalue weighted by atomic mass is 32.2. The lowest BCUT2D eigenvalue weighted by atomic mass is 10.1. The molecule has 6 rings (SSSR count). The molecule has 1 aliphatic carbocycles. The van der Waals surface area contributed by atoms with Gasteiger partial charge in [-0.1, -0.05) is 5.16 Å². The van der Waals surface area contributed by atoms with Gasteiger partial charge in [0.1, 0.15) is 24.4 Å². The number of esters is 1. The van der Waals surface area contributed by atoms with Crippen LogP contribution in [-0.4, -0.2) is 113 Å². The molecule has 2 unspecified atom stereocenters. The fourth-order valence-electron chi connectivity index (χ4n) is 4.76. The number of aromatic nitrogens is 1. The zero-order chi connectivity index (χ0) is 33.3. The Morgan fingerprint density at radius 3 is 2.48 bits per heavy atom. The van der Waals surface area contributed by atoms with Crippen molar-refractivity contribution in [1.82, 2.24) is 24.0 Å². The Kier molecular flexibility index (Phi) is 6.86. The zero-order valence-corrected chi connectivity index (χ0v) is 24.4. The number of rotatable bonds is 9. The Hall–Kier alpha value is -5.42. The number of nitrogens with one attached hydrogen (secondary N) is 1. The summed E-state index contributed by atoms with van der Waals surface area (Å²) < 4.78 is 32.3. The summed E-state index contributed by atoms with van der Waals surface area (Å²) in [5.74, 6) is -8.42. The molecule has 3 atom stereocenters. The maximum absolute atomic E-state index is 13.4. The van der Waals surface area contributed by atoms with Crippen molar-refractivity contribution in [2.45, 2.75) is 42.7 Å². The van der Waals surface area contributed by atoms with Crippen LogP contribution in [0.25, 0.3) is 0 Å². The summed E-state index contributed by atoms with van der Waals surface area (Å²) in [7, 11) is -4.64.